The SMILES string of the molecule is COc1ccc(N)c(N2CCNC(=O)CC2)n1. The number of hydrogen-bond acceptors (Lipinski definition) is 5. The van der Waals surface area contributed by atoms with Crippen molar-refractivity contribution in [1.82, 2.24) is 10.3 Å². The van der Waals surface area contributed by atoms with Crippen molar-refractivity contribution in [3.8, 4) is 5.88 Å². The molecule has 0 bridgehead atoms. The number of nitrogens with two attached hydrogens (primary N) is 1. The highest BCUT2D eigenvalue weighted by Gasteiger charge is 2.17. The molecular formula is C11H16N4O2. The number of carbonyl (C=O) groups excluding carboxylic acids is 1. The standard InChI is InChI=1S/C11H16N4O2/c1-17-10-3-2-8(12)11(14-10)15-6-4-9(16)13-5-7-15/h2-3H,4-7,12H2,1H3,(H,13,16). The molecule has 3 N–H and O–H groups in total. The summed E-state index contributed by atoms with van der Waals surface area (Å²) in [5.41, 5.74) is 6.49. The van der Waals surface area contributed by atoms with Crippen LogP contribution in [0.3, 0.4) is 0 Å². The number of ether oxygens (including phenoxy) is 1. The van der Waals surface area contributed by atoms with Crippen LogP contribution in [0.4, 0.5) is 11.5 Å². The van der Waals surface area contributed by atoms with Gasteiger partial charge in [-0.2, -0.15) is 4.98 Å². The normalized spacial score (nSPS) is 16.3. The van der Waals surface area contributed by atoms with E-state index in [0.717, 1.165) is 0 Å². The Morgan fingerprint density at radius 1 is 1.47 bits per heavy atom. The van der Waals surface area contributed by atoms with Crippen LogP contribution in [0.15, 0.2) is 12.1 Å². The van der Waals surface area contributed by atoms with Gasteiger partial charge in [0.1, 0.15) is 0 Å². The lowest BCUT2D eigenvalue weighted by Gasteiger charge is -2.22. The van der Waals surface area contributed by atoms with Crippen LogP contribution in [0.5, 0.6) is 5.88 Å². The summed E-state index contributed by atoms with van der Waals surface area (Å²) in [7, 11) is 1.57. The molecule has 17 heavy (non-hydrogen) atoms. The Morgan fingerprint density at radius 2 is 2.29 bits per heavy atom. The maximum absolute atomic E-state index is 11.3. The Morgan fingerprint density at radius 3 is 3.06 bits per heavy atom. The van der Waals surface area contributed by atoms with E-state index in [1.54, 1.807) is 19.2 Å². The number of nitrogens with zero attached hydrogens (tertiary/aromatic N) is 2. The van der Waals surface area contributed by atoms with E-state index in [-0.39, 0.29) is 5.91 Å². The summed E-state index contributed by atoms with van der Waals surface area (Å²) in [4.78, 5) is 17.6. The van der Waals surface area contributed by atoms with Crippen molar-refractivity contribution in [3.05, 3.63) is 12.1 Å². The number of methoxy groups -OCH3 is 1. The Hall–Kier alpha value is -1.98. The van der Waals surface area contributed by atoms with Gasteiger partial charge in [0.05, 0.1) is 12.8 Å². The molecule has 1 fully saturated rings. The average molecular weight is 236 g/mol. The molecule has 2 heterocycles. The zero-order valence-electron chi connectivity index (χ0n) is 9.77. The topological polar surface area (TPSA) is 80.5 Å². The van der Waals surface area contributed by atoms with Crippen LogP contribution in [-0.4, -0.2) is 37.6 Å². The maximum atomic E-state index is 11.3. The number of hydrogen-bond donors (Lipinski definition) is 2. The van der Waals surface area contributed by atoms with Crippen molar-refractivity contribution in [3.63, 3.8) is 0 Å². The first-order valence-electron chi connectivity index (χ1n) is 5.53. The molecule has 2 rings (SSSR count). The van der Waals surface area contributed by atoms with Crippen LogP contribution in [0.2, 0.25) is 0 Å². The predicted octanol–water partition coefficient (Wildman–Crippen LogP) is -0.00130. The van der Waals surface area contributed by atoms with E-state index in [4.69, 9.17) is 10.5 Å². The maximum Gasteiger partial charge on any atom is 0.221 e. The van der Waals surface area contributed by atoms with E-state index in [1.165, 1.54) is 0 Å². The van der Waals surface area contributed by atoms with Crippen LogP contribution in [0.25, 0.3) is 0 Å². The Labute approximate surface area is 99.8 Å². The van der Waals surface area contributed by atoms with Gasteiger partial charge >= 0.3 is 0 Å². The summed E-state index contributed by atoms with van der Waals surface area (Å²) in [5, 5.41) is 2.81. The van der Waals surface area contributed by atoms with Gasteiger partial charge in [-0.25, -0.2) is 0 Å². The smallest absolute Gasteiger partial charge is 0.221 e. The molecule has 0 aromatic carbocycles. The van der Waals surface area contributed by atoms with Gasteiger partial charge in [-0.05, 0) is 6.07 Å². The number of amides is 1. The highest BCUT2D eigenvalue weighted by atomic mass is 16.5. The fourth-order valence-electron chi connectivity index (χ4n) is 1.79. The molecule has 1 aliphatic heterocycles. The fraction of sp³-hybridized carbons (Fsp3) is 0.455. The van der Waals surface area contributed by atoms with E-state index < -0.39 is 0 Å². The number of nitrogen functional groups attached to an aromatic ring is 1. The monoisotopic (exact) mass is 236 g/mol. The minimum atomic E-state index is 0.0639. The number of aromatic nitrogens is 1. The lowest BCUT2D eigenvalue weighted by molar-refractivity contribution is -0.120. The van der Waals surface area contributed by atoms with Crippen molar-refractivity contribution in [1.29, 1.82) is 0 Å². The first kappa shape index (κ1) is 11.5. The minimum Gasteiger partial charge on any atom is -0.481 e. The van der Waals surface area contributed by atoms with Gasteiger partial charge in [0.15, 0.2) is 5.82 Å². The number of carbonyl (C=O) groups is 1. The van der Waals surface area contributed by atoms with Crippen LogP contribution in [0, 0.1) is 0 Å². The van der Waals surface area contributed by atoms with Crippen LogP contribution < -0.4 is 20.7 Å². The van der Waals surface area contributed by atoms with Gasteiger partial charge < -0.3 is 20.7 Å². The summed E-state index contributed by atoms with van der Waals surface area (Å²) in [6.45, 7) is 1.93. The molecule has 1 amide bonds. The molecular weight excluding hydrogens is 220 g/mol. The van der Waals surface area contributed by atoms with Gasteiger partial charge in [-0.3, -0.25) is 4.79 Å². The number of anilines is 2. The molecule has 0 unspecified atom stereocenters. The van der Waals surface area contributed by atoms with E-state index in [1.807, 2.05) is 4.90 Å². The lowest BCUT2D eigenvalue weighted by Crippen LogP contribution is -2.29. The van der Waals surface area contributed by atoms with E-state index in [0.29, 0.717) is 43.4 Å². The third-order valence-corrected chi connectivity index (χ3v) is 2.70. The molecule has 92 valence electrons. The fourth-order valence-corrected chi connectivity index (χ4v) is 1.79. The molecule has 1 aromatic heterocycles. The molecule has 0 radical (unpaired) electrons. The highest BCUT2D eigenvalue weighted by Crippen LogP contribution is 2.24. The van der Waals surface area contributed by atoms with Crippen molar-refractivity contribution >= 4 is 17.4 Å². The second-order valence-corrected chi connectivity index (χ2v) is 3.85. The molecule has 0 aliphatic carbocycles. The first-order chi connectivity index (χ1) is 8.20. The lowest BCUT2D eigenvalue weighted by atomic mass is 10.3. The van der Waals surface area contributed by atoms with Crippen molar-refractivity contribution < 1.29 is 9.53 Å². The van der Waals surface area contributed by atoms with Gasteiger partial charge in [0, 0.05) is 32.1 Å². The number of nitrogens with one attached hydrogen (secondary N) is 1. The van der Waals surface area contributed by atoms with Crippen molar-refractivity contribution in [2.75, 3.05) is 37.4 Å². The molecule has 1 saturated heterocycles. The quantitative estimate of drug-likeness (QED) is 0.755. The molecule has 0 saturated carbocycles. The third kappa shape index (κ3) is 2.58. The van der Waals surface area contributed by atoms with Gasteiger partial charge in [-0.1, -0.05) is 0 Å². The van der Waals surface area contributed by atoms with Gasteiger partial charge in [0.2, 0.25) is 11.8 Å². The minimum absolute atomic E-state index is 0.0639. The molecule has 1 aromatic rings. The molecule has 6 nitrogen and oxygen atoms in total. The Bertz CT molecular complexity index is 422. The van der Waals surface area contributed by atoms with Crippen molar-refractivity contribution in [2.45, 2.75) is 6.42 Å². The van der Waals surface area contributed by atoms with Gasteiger partial charge in [0.25, 0.3) is 0 Å². The molecule has 0 spiro atoms. The van der Waals surface area contributed by atoms with Crippen LogP contribution >= 0.6 is 0 Å². The molecule has 6 heteroatoms. The summed E-state index contributed by atoms with van der Waals surface area (Å²) >= 11 is 0. The third-order valence-electron chi connectivity index (χ3n) is 2.70. The van der Waals surface area contributed by atoms with Crippen LogP contribution in [-0.2, 0) is 4.79 Å². The van der Waals surface area contributed by atoms with Gasteiger partial charge in [-0.15, -0.1) is 0 Å². The Balaban J connectivity index is 2.22. The zero-order valence-corrected chi connectivity index (χ0v) is 9.77. The molecule has 0 atom stereocenters. The average Bonchev–Trinajstić information content (AvgIpc) is 2.55. The van der Waals surface area contributed by atoms with Crippen molar-refractivity contribution in [2.24, 2.45) is 0 Å². The molecule has 1 aliphatic rings. The largest absolute Gasteiger partial charge is 0.481 e. The zero-order chi connectivity index (χ0) is 12.3. The second kappa shape index (κ2) is 4.90. The summed E-state index contributed by atoms with van der Waals surface area (Å²) in [6.07, 6.45) is 0.457. The van der Waals surface area contributed by atoms with Crippen LogP contribution in [0.1, 0.15) is 6.42 Å². The summed E-state index contributed by atoms with van der Waals surface area (Å²) in [5.74, 6) is 1.27. The second-order valence-electron chi connectivity index (χ2n) is 3.85. The number of rotatable bonds is 2. The highest BCUT2D eigenvalue weighted by molar-refractivity contribution is 5.77. The summed E-state index contributed by atoms with van der Waals surface area (Å²) < 4.78 is 5.08. The first-order valence-corrected chi connectivity index (χ1v) is 5.53. The Kier molecular flexibility index (Phi) is 3.32. The van der Waals surface area contributed by atoms with E-state index in [2.05, 4.69) is 10.3 Å². The van der Waals surface area contributed by atoms with E-state index >= 15 is 0 Å². The summed E-state index contributed by atoms with van der Waals surface area (Å²) in [6, 6.07) is 3.49. The number of pyridine rings is 1. The van der Waals surface area contributed by atoms with E-state index in [9.17, 15) is 4.79 Å². The predicted molar refractivity (Wildman–Crippen MR) is 65.0 cm³/mol.